The van der Waals surface area contributed by atoms with Gasteiger partial charge in [0.05, 0.1) is 17.8 Å². The number of benzene rings is 2. The van der Waals surface area contributed by atoms with Crippen molar-refractivity contribution < 1.29 is 19.0 Å². The Morgan fingerprint density at radius 2 is 2.05 bits per heavy atom. The molecule has 2 rings (SSSR count). The number of hydrogen-bond acceptors (Lipinski definition) is 2. The van der Waals surface area contributed by atoms with Crippen LogP contribution in [0.3, 0.4) is 0 Å². The highest BCUT2D eigenvalue weighted by molar-refractivity contribution is 6.31. The van der Waals surface area contributed by atoms with Crippen molar-refractivity contribution in [3.05, 3.63) is 47.2 Å². The fourth-order valence-electron chi connectivity index (χ4n) is 1.78. The summed E-state index contributed by atoms with van der Waals surface area (Å²) in [4.78, 5) is 10.8. The summed E-state index contributed by atoms with van der Waals surface area (Å²) in [6.45, 7) is 0. The van der Waals surface area contributed by atoms with Gasteiger partial charge < -0.3 is 9.84 Å². The Morgan fingerprint density at radius 1 is 1.30 bits per heavy atom. The topological polar surface area (TPSA) is 58.6 Å². The van der Waals surface area contributed by atoms with Crippen LogP contribution in [0.4, 0.5) is 14.9 Å². The maximum Gasteiger partial charge on any atom is 0.409 e. The Morgan fingerprint density at radius 3 is 2.65 bits per heavy atom. The van der Waals surface area contributed by atoms with Crippen molar-refractivity contribution in [2.45, 2.75) is 0 Å². The molecule has 0 bridgehead atoms. The molecular weight excluding hydrogens is 285 g/mol. The smallest absolute Gasteiger partial charge is 0.409 e. The van der Waals surface area contributed by atoms with Gasteiger partial charge >= 0.3 is 6.09 Å². The summed E-state index contributed by atoms with van der Waals surface area (Å²) in [7, 11) is 1.50. The van der Waals surface area contributed by atoms with Gasteiger partial charge in [-0.3, -0.25) is 5.32 Å². The minimum Gasteiger partial charge on any atom is -0.497 e. The molecule has 0 saturated heterocycles. The summed E-state index contributed by atoms with van der Waals surface area (Å²) in [5.74, 6) is 0.0162. The molecule has 0 fully saturated rings. The van der Waals surface area contributed by atoms with Crippen LogP contribution in [-0.4, -0.2) is 18.3 Å². The molecule has 0 unspecified atom stereocenters. The molecule has 0 aromatic heterocycles. The van der Waals surface area contributed by atoms with Gasteiger partial charge in [0.25, 0.3) is 0 Å². The average molecular weight is 296 g/mol. The van der Waals surface area contributed by atoms with Crippen LogP contribution in [0, 0.1) is 5.82 Å². The van der Waals surface area contributed by atoms with Gasteiger partial charge in [0.2, 0.25) is 0 Å². The first kappa shape index (κ1) is 14.1. The molecule has 104 valence electrons. The van der Waals surface area contributed by atoms with Gasteiger partial charge in [0.15, 0.2) is 0 Å². The fraction of sp³-hybridized carbons (Fsp3) is 0.0714. The zero-order valence-corrected chi connectivity index (χ0v) is 11.2. The fourth-order valence-corrected chi connectivity index (χ4v) is 1.96. The monoisotopic (exact) mass is 295 g/mol. The van der Waals surface area contributed by atoms with Crippen molar-refractivity contribution in [2.24, 2.45) is 0 Å². The third kappa shape index (κ3) is 3.00. The van der Waals surface area contributed by atoms with Gasteiger partial charge in [-0.05, 0) is 35.9 Å². The predicted molar refractivity (Wildman–Crippen MR) is 75.0 cm³/mol. The summed E-state index contributed by atoms with van der Waals surface area (Å²) >= 11 is 5.75. The lowest BCUT2D eigenvalue weighted by atomic mass is 10.0. The van der Waals surface area contributed by atoms with Crippen molar-refractivity contribution in [2.75, 3.05) is 12.4 Å². The van der Waals surface area contributed by atoms with Gasteiger partial charge in [-0.25, -0.2) is 9.18 Å². The Kier molecular flexibility index (Phi) is 4.10. The number of ether oxygens (including phenoxy) is 1. The van der Waals surface area contributed by atoms with Crippen LogP contribution >= 0.6 is 11.6 Å². The van der Waals surface area contributed by atoms with E-state index in [0.717, 1.165) is 0 Å². The highest BCUT2D eigenvalue weighted by atomic mass is 35.5. The van der Waals surface area contributed by atoms with Gasteiger partial charge in [0.1, 0.15) is 11.6 Å². The van der Waals surface area contributed by atoms with Gasteiger partial charge in [-0.15, -0.1) is 0 Å². The molecule has 0 aliphatic heterocycles. The summed E-state index contributed by atoms with van der Waals surface area (Å²) in [5.41, 5.74) is 1.49. The van der Waals surface area contributed by atoms with Crippen LogP contribution in [0.2, 0.25) is 5.02 Å². The summed E-state index contributed by atoms with van der Waals surface area (Å²) in [6, 6.07) is 9.01. The number of anilines is 1. The number of carbonyl (C=O) groups is 1. The van der Waals surface area contributed by atoms with E-state index in [1.54, 1.807) is 18.2 Å². The standard InChI is InChI=1S/C14H11ClFNO3/c1-20-9-3-5-13(17-14(18)19)10(7-9)8-2-4-12(16)11(15)6-8/h2-7,17H,1H3,(H,18,19). The van der Waals surface area contributed by atoms with E-state index in [4.69, 9.17) is 21.4 Å². The van der Waals surface area contributed by atoms with Crippen LogP contribution in [0.1, 0.15) is 0 Å². The molecule has 6 heteroatoms. The van der Waals surface area contributed by atoms with Crippen molar-refractivity contribution in [1.82, 2.24) is 0 Å². The molecule has 4 nitrogen and oxygen atoms in total. The molecule has 2 aromatic rings. The van der Waals surface area contributed by atoms with E-state index in [9.17, 15) is 9.18 Å². The first-order valence-corrected chi connectivity index (χ1v) is 6.02. The molecule has 0 atom stereocenters. The van der Waals surface area contributed by atoms with E-state index in [2.05, 4.69) is 5.32 Å². The number of carboxylic acid groups (broad SMARTS) is 1. The largest absolute Gasteiger partial charge is 0.497 e. The maximum atomic E-state index is 13.2. The minimum absolute atomic E-state index is 0.0356. The molecule has 0 aliphatic rings. The first-order valence-electron chi connectivity index (χ1n) is 5.64. The van der Waals surface area contributed by atoms with E-state index < -0.39 is 11.9 Å². The maximum absolute atomic E-state index is 13.2. The lowest BCUT2D eigenvalue weighted by Crippen LogP contribution is -2.08. The lowest BCUT2D eigenvalue weighted by molar-refractivity contribution is 0.210. The van der Waals surface area contributed by atoms with Gasteiger partial charge in [-0.1, -0.05) is 17.7 Å². The molecule has 0 aliphatic carbocycles. The quantitative estimate of drug-likeness (QED) is 0.890. The van der Waals surface area contributed by atoms with Crippen LogP contribution in [-0.2, 0) is 0 Å². The van der Waals surface area contributed by atoms with Crippen LogP contribution in [0.5, 0.6) is 5.75 Å². The lowest BCUT2D eigenvalue weighted by Gasteiger charge is -2.12. The SMILES string of the molecule is COc1ccc(NC(=O)O)c(-c2ccc(F)c(Cl)c2)c1. The average Bonchev–Trinajstić information content (AvgIpc) is 2.42. The van der Waals surface area contributed by atoms with E-state index >= 15 is 0 Å². The third-order valence-corrected chi connectivity index (χ3v) is 2.99. The third-order valence-electron chi connectivity index (χ3n) is 2.70. The highest BCUT2D eigenvalue weighted by Crippen LogP contribution is 2.33. The number of nitrogens with one attached hydrogen (secondary N) is 1. The molecule has 1 amide bonds. The number of halogens is 2. The molecule has 2 N–H and O–H groups in total. The van der Waals surface area contributed by atoms with Gasteiger partial charge in [-0.2, -0.15) is 0 Å². The van der Waals surface area contributed by atoms with Crippen LogP contribution in [0.25, 0.3) is 11.1 Å². The summed E-state index contributed by atoms with van der Waals surface area (Å²) < 4.78 is 18.3. The Labute approximate surface area is 119 Å². The number of hydrogen-bond donors (Lipinski definition) is 2. The Bertz CT molecular complexity index is 661. The molecular formula is C14H11ClFNO3. The molecule has 0 heterocycles. The number of amides is 1. The van der Waals surface area contributed by atoms with E-state index in [0.29, 0.717) is 22.6 Å². The zero-order valence-electron chi connectivity index (χ0n) is 10.5. The van der Waals surface area contributed by atoms with E-state index in [1.807, 2.05) is 0 Å². The highest BCUT2D eigenvalue weighted by Gasteiger charge is 2.11. The first-order chi connectivity index (χ1) is 9.51. The van der Waals surface area contributed by atoms with Crippen LogP contribution < -0.4 is 10.1 Å². The van der Waals surface area contributed by atoms with Crippen molar-refractivity contribution in [3.63, 3.8) is 0 Å². The number of methoxy groups -OCH3 is 1. The Balaban J connectivity index is 2.56. The summed E-state index contributed by atoms with van der Waals surface area (Å²) in [5, 5.41) is 11.1. The molecule has 20 heavy (non-hydrogen) atoms. The zero-order chi connectivity index (χ0) is 14.7. The second-order valence-electron chi connectivity index (χ2n) is 3.97. The molecule has 0 saturated carbocycles. The summed E-state index contributed by atoms with van der Waals surface area (Å²) in [6.07, 6.45) is -1.19. The van der Waals surface area contributed by atoms with Gasteiger partial charge in [0, 0.05) is 5.56 Å². The second-order valence-corrected chi connectivity index (χ2v) is 4.38. The second kappa shape index (κ2) is 5.79. The molecule has 0 radical (unpaired) electrons. The van der Waals surface area contributed by atoms with Crippen molar-refractivity contribution in [3.8, 4) is 16.9 Å². The van der Waals surface area contributed by atoms with Crippen molar-refractivity contribution >= 4 is 23.4 Å². The Hall–Kier alpha value is -2.27. The van der Waals surface area contributed by atoms with Crippen LogP contribution in [0.15, 0.2) is 36.4 Å². The van der Waals surface area contributed by atoms with E-state index in [-0.39, 0.29) is 5.02 Å². The van der Waals surface area contributed by atoms with Crippen molar-refractivity contribution in [1.29, 1.82) is 0 Å². The predicted octanol–water partition coefficient (Wildman–Crippen LogP) is 4.24. The normalized spacial score (nSPS) is 10.2. The number of rotatable bonds is 3. The minimum atomic E-state index is -1.19. The molecule has 0 spiro atoms. The van der Waals surface area contributed by atoms with E-state index in [1.165, 1.54) is 25.3 Å². The molecule has 2 aromatic carbocycles.